The maximum absolute atomic E-state index is 12.2. The van der Waals surface area contributed by atoms with Gasteiger partial charge in [-0.15, -0.1) is 0 Å². The summed E-state index contributed by atoms with van der Waals surface area (Å²) in [6, 6.07) is 9.45. The van der Waals surface area contributed by atoms with Gasteiger partial charge in [-0.1, -0.05) is 12.1 Å². The van der Waals surface area contributed by atoms with Crippen LogP contribution in [0, 0.1) is 0 Å². The van der Waals surface area contributed by atoms with Gasteiger partial charge in [0.25, 0.3) is 0 Å². The van der Waals surface area contributed by atoms with E-state index < -0.39 is 23.4 Å². The van der Waals surface area contributed by atoms with Gasteiger partial charge in [-0.05, 0) is 23.8 Å². The second kappa shape index (κ2) is 7.04. The van der Waals surface area contributed by atoms with E-state index in [1.807, 2.05) is 0 Å². The molecule has 1 aromatic carbocycles. The second-order valence-electron chi connectivity index (χ2n) is 5.96. The van der Waals surface area contributed by atoms with Crippen LogP contribution in [0.25, 0.3) is 0 Å². The Bertz CT molecular complexity index is 864. The van der Waals surface area contributed by atoms with Crippen molar-refractivity contribution in [2.24, 2.45) is 0 Å². The summed E-state index contributed by atoms with van der Waals surface area (Å²) in [6.45, 7) is -0.0913. The van der Waals surface area contributed by atoms with Gasteiger partial charge in [0, 0.05) is 18.9 Å². The number of aliphatic hydroxyl groups is 1. The van der Waals surface area contributed by atoms with Gasteiger partial charge < -0.3 is 20.1 Å². The minimum atomic E-state index is -2.35. The Morgan fingerprint density at radius 2 is 1.78 bits per heavy atom. The molecule has 1 saturated heterocycles. The van der Waals surface area contributed by atoms with Crippen molar-refractivity contribution in [3.05, 3.63) is 48.2 Å². The van der Waals surface area contributed by atoms with Crippen LogP contribution >= 0.6 is 0 Å². The van der Waals surface area contributed by atoms with Crippen LogP contribution in [0.2, 0.25) is 0 Å². The smallest absolute Gasteiger partial charge is 0.341 e. The highest BCUT2D eigenvalue weighted by Gasteiger charge is 2.58. The molecule has 0 radical (unpaired) electrons. The molecule has 1 amide bonds. The lowest BCUT2D eigenvalue weighted by Gasteiger charge is -2.30. The number of aliphatic hydroxyl groups excluding tert-OH is 1. The summed E-state index contributed by atoms with van der Waals surface area (Å²) in [5, 5.41) is 27.9. The summed E-state index contributed by atoms with van der Waals surface area (Å²) in [5.74, 6) is -3.17. The highest BCUT2D eigenvalue weighted by molar-refractivity contribution is 6.17. The quantitative estimate of drug-likeness (QED) is 0.647. The average molecular weight is 372 g/mol. The number of carbonyl (C=O) groups excluding carboxylic acids is 1. The SMILES string of the molecule is O=C1CCC(C(=O)O)(C(=O)O)N1c1ccc(Oc2ccc(CO)cc2)nc1. The molecule has 1 fully saturated rings. The fourth-order valence-corrected chi connectivity index (χ4v) is 2.93. The zero-order valence-corrected chi connectivity index (χ0v) is 14.0. The molecule has 0 aliphatic carbocycles. The monoisotopic (exact) mass is 372 g/mol. The largest absolute Gasteiger partial charge is 0.479 e. The molecule has 2 heterocycles. The number of hydrogen-bond acceptors (Lipinski definition) is 6. The predicted octanol–water partition coefficient (Wildman–Crippen LogP) is 1.40. The molecule has 1 aromatic heterocycles. The van der Waals surface area contributed by atoms with Gasteiger partial charge in [0.1, 0.15) is 5.75 Å². The first kappa shape index (κ1) is 18.3. The molecule has 27 heavy (non-hydrogen) atoms. The van der Waals surface area contributed by atoms with Gasteiger partial charge in [0.2, 0.25) is 17.3 Å². The first-order valence-corrected chi connectivity index (χ1v) is 8.02. The molecule has 9 nitrogen and oxygen atoms in total. The normalized spacial score (nSPS) is 15.6. The van der Waals surface area contributed by atoms with E-state index in [0.29, 0.717) is 5.75 Å². The van der Waals surface area contributed by atoms with Crippen LogP contribution in [0.5, 0.6) is 11.6 Å². The van der Waals surface area contributed by atoms with Gasteiger partial charge in [0.05, 0.1) is 18.5 Å². The fourth-order valence-electron chi connectivity index (χ4n) is 2.93. The van der Waals surface area contributed by atoms with Crippen molar-refractivity contribution in [2.45, 2.75) is 25.0 Å². The summed E-state index contributed by atoms with van der Waals surface area (Å²) >= 11 is 0. The van der Waals surface area contributed by atoms with E-state index in [0.717, 1.165) is 10.5 Å². The predicted molar refractivity (Wildman–Crippen MR) is 91.4 cm³/mol. The molecule has 0 bridgehead atoms. The van der Waals surface area contributed by atoms with Crippen molar-refractivity contribution in [1.82, 2.24) is 4.98 Å². The van der Waals surface area contributed by atoms with Crippen molar-refractivity contribution in [2.75, 3.05) is 4.90 Å². The third-order valence-electron chi connectivity index (χ3n) is 4.35. The Kier molecular flexibility index (Phi) is 4.78. The molecule has 2 aromatic rings. The van der Waals surface area contributed by atoms with Crippen LogP contribution in [0.15, 0.2) is 42.6 Å². The van der Waals surface area contributed by atoms with Crippen LogP contribution in [-0.2, 0) is 21.0 Å². The Labute approximate surface area is 153 Å². The van der Waals surface area contributed by atoms with Gasteiger partial charge >= 0.3 is 11.9 Å². The first-order valence-electron chi connectivity index (χ1n) is 8.02. The number of carboxylic acids is 2. The maximum atomic E-state index is 12.2. The minimum Gasteiger partial charge on any atom is -0.479 e. The number of aromatic nitrogens is 1. The lowest BCUT2D eigenvalue weighted by molar-refractivity contribution is -0.157. The fraction of sp³-hybridized carbons (Fsp3) is 0.222. The van der Waals surface area contributed by atoms with Gasteiger partial charge in [-0.25, -0.2) is 14.6 Å². The highest BCUT2D eigenvalue weighted by Crippen LogP contribution is 2.36. The topological polar surface area (TPSA) is 137 Å². The number of carboxylic acid groups (broad SMARTS) is 2. The van der Waals surface area contributed by atoms with E-state index in [9.17, 15) is 24.6 Å². The maximum Gasteiger partial charge on any atom is 0.341 e. The Balaban J connectivity index is 1.86. The number of nitrogens with zero attached hydrogens (tertiary/aromatic N) is 2. The lowest BCUT2D eigenvalue weighted by Crippen LogP contribution is -2.58. The molecule has 3 rings (SSSR count). The summed E-state index contributed by atoms with van der Waals surface area (Å²) in [6.07, 6.45) is 0.682. The van der Waals surface area contributed by atoms with Gasteiger partial charge in [-0.3, -0.25) is 9.69 Å². The third kappa shape index (κ3) is 3.20. The molecule has 9 heteroatoms. The lowest BCUT2D eigenvalue weighted by atomic mass is 9.96. The Morgan fingerprint density at radius 1 is 1.11 bits per heavy atom. The zero-order valence-electron chi connectivity index (χ0n) is 14.0. The first-order chi connectivity index (χ1) is 12.9. The number of amides is 1. The molecule has 3 N–H and O–H groups in total. The van der Waals surface area contributed by atoms with E-state index in [2.05, 4.69) is 4.98 Å². The van der Waals surface area contributed by atoms with Crippen LogP contribution in [0.3, 0.4) is 0 Å². The molecule has 0 unspecified atom stereocenters. The van der Waals surface area contributed by atoms with Crippen LogP contribution in [0.1, 0.15) is 18.4 Å². The number of carbonyl (C=O) groups is 3. The van der Waals surface area contributed by atoms with Gasteiger partial charge in [0.15, 0.2) is 0 Å². The number of ether oxygens (including phenoxy) is 1. The van der Waals surface area contributed by atoms with E-state index in [4.69, 9.17) is 9.84 Å². The van der Waals surface area contributed by atoms with Crippen LogP contribution in [0.4, 0.5) is 5.69 Å². The number of hydrogen-bond donors (Lipinski definition) is 3. The van der Waals surface area contributed by atoms with E-state index in [1.165, 1.54) is 18.3 Å². The molecule has 140 valence electrons. The molecule has 0 saturated carbocycles. The third-order valence-corrected chi connectivity index (χ3v) is 4.35. The van der Waals surface area contributed by atoms with Crippen LogP contribution < -0.4 is 9.64 Å². The summed E-state index contributed by atoms with van der Waals surface area (Å²) in [7, 11) is 0. The highest BCUT2D eigenvalue weighted by atomic mass is 16.5. The summed E-state index contributed by atoms with van der Waals surface area (Å²) in [4.78, 5) is 40.2. The standard InChI is InChI=1S/C18H16N2O7/c21-10-11-1-4-13(5-2-11)27-14-6-3-12(9-19-14)20-15(22)7-8-18(20,16(23)24)17(25)26/h1-6,9,21H,7-8,10H2,(H,23,24)(H,25,26). The molecular formula is C18H16N2O7. The van der Waals surface area contributed by atoms with Crippen LogP contribution in [-0.4, -0.2) is 43.7 Å². The number of anilines is 1. The van der Waals surface area contributed by atoms with E-state index >= 15 is 0 Å². The van der Waals surface area contributed by atoms with Crippen molar-refractivity contribution in [3.63, 3.8) is 0 Å². The molecule has 0 spiro atoms. The molecule has 0 atom stereocenters. The minimum absolute atomic E-state index is 0.0604. The van der Waals surface area contributed by atoms with E-state index in [-0.39, 0.29) is 31.0 Å². The molecule has 1 aliphatic rings. The summed E-state index contributed by atoms with van der Waals surface area (Å²) in [5.41, 5.74) is -1.57. The Morgan fingerprint density at radius 3 is 2.30 bits per heavy atom. The second-order valence-corrected chi connectivity index (χ2v) is 5.96. The summed E-state index contributed by atoms with van der Waals surface area (Å²) < 4.78 is 5.54. The number of aliphatic carboxylic acids is 2. The number of benzene rings is 1. The van der Waals surface area contributed by atoms with Crippen molar-refractivity contribution >= 4 is 23.5 Å². The number of rotatable bonds is 6. The van der Waals surface area contributed by atoms with E-state index in [1.54, 1.807) is 24.3 Å². The Hall–Kier alpha value is -3.46. The molecule has 1 aliphatic heterocycles. The van der Waals surface area contributed by atoms with Crippen molar-refractivity contribution in [3.8, 4) is 11.6 Å². The van der Waals surface area contributed by atoms with Gasteiger partial charge in [-0.2, -0.15) is 0 Å². The van der Waals surface area contributed by atoms with Crippen molar-refractivity contribution < 1.29 is 34.4 Å². The average Bonchev–Trinajstić information content (AvgIpc) is 3.02. The molecular weight excluding hydrogens is 356 g/mol. The number of pyridine rings is 1. The zero-order chi connectivity index (χ0) is 19.6. The van der Waals surface area contributed by atoms with Crippen molar-refractivity contribution in [1.29, 1.82) is 0 Å².